The van der Waals surface area contributed by atoms with E-state index in [4.69, 9.17) is 10.00 Å². The Morgan fingerprint density at radius 1 is 1.54 bits per heavy atom. The third-order valence-corrected chi connectivity index (χ3v) is 0.998. The van der Waals surface area contributed by atoms with Crippen LogP contribution in [-0.2, 0) is 14.3 Å². The number of ether oxygens (including phenoxy) is 2. The molecule has 0 aliphatic heterocycles. The Bertz CT molecular complexity index is 244. The van der Waals surface area contributed by atoms with Crippen molar-refractivity contribution in [1.82, 2.24) is 0 Å². The first-order valence-corrected chi connectivity index (χ1v) is 3.91. The molecule has 0 heterocycles. The van der Waals surface area contributed by atoms with Gasteiger partial charge in [0.15, 0.2) is 0 Å². The predicted octanol–water partition coefficient (Wildman–Crippen LogP) is 0.483. The number of rotatable bonds is 4. The van der Waals surface area contributed by atoms with Crippen LogP contribution in [0.4, 0.5) is 0 Å². The zero-order valence-corrected chi connectivity index (χ0v) is 7.50. The number of hydrogen-bond acceptors (Lipinski definition) is 4. The molecule has 4 heteroatoms. The van der Waals surface area contributed by atoms with E-state index in [1.54, 1.807) is 6.92 Å². The normalized spacial score (nSPS) is 8.00. The number of nitriles is 1. The van der Waals surface area contributed by atoms with Crippen molar-refractivity contribution in [2.75, 3.05) is 19.8 Å². The molecule has 0 saturated heterocycles. The molecule has 0 N–H and O–H groups in total. The summed E-state index contributed by atoms with van der Waals surface area (Å²) in [5.41, 5.74) is 0. The van der Waals surface area contributed by atoms with Crippen molar-refractivity contribution >= 4 is 5.97 Å². The molecule has 0 aliphatic carbocycles. The van der Waals surface area contributed by atoms with E-state index in [1.807, 2.05) is 6.07 Å². The Hall–Kier alpha value is -1.52. The molecule has 0 aliphatic rings. The Balaban J connectivity index is 3.40. The molecule has 0 spiro atoms. The molecule has 0 amide bonds. The molecule has 0 aromatic heterocycles. The zero-order chi connectivity index (χ0) is 9.94. The molecule has 0 unspecified atom stereocenters. The van der Waals surface area contributed by atoms with Crippen molar-refractivity contribution in [2.24, 2.45) is 0 Å². The SMILES string of the molecule is CCOC(=O)C#CCOCCC#N. The van der Waals surface area contributed by atoms with Crippen LogP contribution in [0.15, 0.2) is 0 Å². The van der Waals surface area contributed by atoms with Crippen LogP contribution in [-0.4, -0.2) is 25.8 Å². The monoisotopic (exact) mass is 181 g/mol. The van der Waals surface area contributed by atoms with Crippen LogP contribution in [0.3, 0.4) is 0 Å². The molecular weight excluding hydrogens is 170 g/mol. The molecule has 0 atom stereocenters. The average Bonchev–Trinajstić information content (AvgIpc) is 2.11. The lowest BCUT2D eigenvalue weighted by atomic mass is 10.5. The molecule has 13 heavy (non-hydrogen) atoms. The molecule has 4 nitrogen and oxygen atoms in total. The summed E-state index contributed by atoms with van der Waals surface area (Å²) in [6.45, 7) is 2.53. The molecule has 0 radical (unpaired) electrons. The highest BCUT2D eigenvalue weighted by atomic mass is 16.5. The molecule has 0 saturated carbocycles. The summed E-state index contributed by atoms with van der Waals surface area (Å²) in [4.78, 5) is 10.6. The maximum absolute atomic E-state index is 10.6. The molecule has 0 rings (SSSR count). The summed E-state index contributed by atoms with van der Waals surface area (Å²) in [6.07, 6.45) is 0.334. The van der Waals surface area contributed by atoms with Gasteiger partial charge >= 0.3 is 5.97 Å². The van der Waals surface area contributed by atoms with E-state index in [9.17, 15) is 4.79 Å². The van der Waals surface area contributed by atoms with E-state index in [0.717, 1.165) is 0 Å². The number of nitrogens with zero attached hydrogens (tertiary/aromatic N) is 1. The van der Waals surface area contributed by atoms with Gasteiger partial charge in [0.25, 0.3) is 0 Å². The van der Waals surface area contributed by atoms with Gasteiger partial charge in [0, 0.05) is 5.92 Å². The van der Waals surface area contributed by atoms with Crippen LogP contribution in [0.5, 0.6) is 0 Å². The zero-order valence-electron chi connectivity index (χ0n) is 7.50. The van der Waals surface area contributed by atoms with Crippen molar-refractivity contribution in [3.8, 4) is 17.9 Å². The summed E-state index contributed by atoms with van der Waals surface area (Å²) in [5, 5.41) is 8.14. The Labute approximate surface area is 77.4 Å². The quantitative estimate of drug-likeness (QED) is 0.274. The number of carbonyl (C=O) groups is 1. The van der Waals surface area contributed by atoms with Crippen molar-refractivity contribution in [3.63, 3.8) is 0 Å². The van der Waals surface area contributed by atoms with Gasteiger partial charge < -0.3 is 9.47 Å². The van der Waals surface area contributed by atoms with E-state index in [-0.39, 0.29) is 6.61 Å². The van der Waals surface area contributed by atoms with Crippen molar-refractivity contribution in [2.45, 2.75) is 13.3 Å². The number of carbonyl (C=O) groups excluding carboxylic acids is 1. The highest BCUT2D eigenvalue weighted by Gasteiger charge is 1.91. The fourth-order valence-corrected chi connectivity index (χ4v) is 0.516. The van der Waals surface area contributed by atoms with Crippen molar-refractivity contribution < 1.29 is 14.3 Å². The predicted molar refractivity (Wildman–Crippen MR) is 45.5 cm³/mol. The Kier molecular flexibility index (Phi) is 7.57. The van der Waals surface area contributed by atoms with Crippen LogP contribution in [0, 0.1) is 23.2 Å². The van der Waals surface area contributed by atoms with Crippen LogP contribution in [0.1, 0.15) is 13.3 Å². The molecule has 70 valence electrons. The number of esters is 1. The van der Waals surface area contributed by atoms with Crippen LogP contribution >= 0.6 is 0 Å². The third-order valence-electron chi connectivity index (χ3n) is 0.998. The largest absolute Gasteiger partial charge is 0.456 e. The van der Waals surface area contributed by atoms with Gasteiger partial charge in [0.2, 0.25) is 0 Å². The van der Waals surface area contributed by atoms with Gasteiger partial charge in [-0.2, -0.15) is 5.26 Å². The van der Waals surface area contributed by atoms with Gasteiger partial charge in [-0.25, -0.2) is 4.79 Å². The van der Waals surface area contributed by atoms with Crippen molar-refractivity contribution in [1.29, 1.82) is 5.26 Å². The lowest BCUT2D eigenvalue weighted by Crippen LogP contribution is -2.00. The second-order valence-electron chi connectivity index (χ2n) is 1.98. The van der Waals surface area contributed by atoms with Gasteiger partial charge in [-0.05, 0) is 6.92 Å². The van der Waals surface area contributed by atoms with Gasteiger partial charge in [-0.15, -0.1) is 0 Å². The Morgan fingerprint density at radius 3 is 2.92 bits per heavy atom. The number of hydrogen-bond donors (Lipinski definition) is 0. The second-order valence-corrected chi connectivity index (χ2v) is 1.98. The fraction of sp³-hybridized carbons (Fsp3) is 0.556. The summed E-state index contributed by atoms with van der Waals surface area (Å²) >= 11 is 0. The first kappa shape index (κ1) is 11.5. The molecular formula is C9H11NO3. The third kappa shape index (κ3) is 8.39. The first-order valence-electron chi connectivity index (χ1n) is 3.91. The maximum atomic E-state index is 10.6. The van der Waals surface area contributed by atoms with E-state index < -0.39 is 5.97 Å². The molecule has 0 bridgehead atoms. The average molecular weight is 181 g/mol. The fourth-order valence-electron chi connectivity index (χ4n) is 0.516. The smallest absolute Gasteiger partial charge is 0.384 e. The summed E-state index contributed by atoms with van der Waals surface area (Å²) in [7, 11) is 0. The topological polar surface area (TPSA) is 59.3 Å². The van der Waals surface area contributed by atoms with E-state index in [1.165, 1.54) is 0 Å². The van der Waals surface area contributed by atoms with Gasteiger partial charge in [0.05, 0.1) is 25.7 Å². The highest BCUT2D eigenvalue weighted by Crippen LogP contribution is 1.79. The van der Waals surface area contributed by atoms with Crippen molar-refractivity contribution in [3.05, 3.63) is 0 Å². The van der Waals surface area contributed by atoms with E-state index in [0.29, 0.717) is 19.6 Å². The first-order chi connectivity index (χ1) is 6.31. The van der Waals surface area contributed by atoms with E-state index in [2.05, 4.69) is 16.6 Å². The van der Waals surface area contributed by atoms with Crippen LogP contribution in [0.25, 0.3) is 0 Å². The molecule has 0 fully saturated rings. The molecule has 0 aromatic carbocycles. The minimum absolute atomic E-state index is 0.153. The second kappa shape index (κ2) is 8.58. The molecule has 0 aromatic rings. The highest BCUT2D eigenvalue weighted by molar-refractivity contribution is 5.88. The van der Waals surface area contributed by atoms with Crippen LogP contribution < -0.4 is 0 Å². The lowest BCUT2D eigenvalue weighted by Gasteiger charge is -1.92. The Morgan fingerprint density at radius 2 is 2.31 bits per heavy atom. The minimum Gasteiger partial charge on any atom is -0.456 e. The summed E-state index contributed by atoms with van der Waals surface area (Å²) in [6, 6.07) is 1.92. The van der Waals surface area contributed by atoms with Gasteiger partial charge in [0.1, 0.15) is 6.61 Å². The van der Waals surface area contributed by atoms with E-state index >= 15 is 0 Å². The van der Waals surface area contributed by atoms with Crippen LogP contribution in [0.2, 0.25) is 0 Å². The maximum Gasteiger partial charge on any atom is 0.384 e. The standard InChI is InChI=1S/C9H11NO3/c1-2-13-9(11)5-3-7-12-8-4-6-10/h2,4,7-8H2,1H3. The van der Waals surface area contributed by atoms with Gasteiger partial charge in [-0.1, -0.05) is 5.92 Å². The summed E-state index contributed by atoms with van der Waals surface area (Å²) in [5.74, 6) is 4.16. The lowest BCUT2D eigenvalue weighted by molar-refractivity contribution is -0.136. The van der Waals surface area contributed by atoms with Gasteiger partial charge in [-0.3, -0.25) is 0 Å². The summed E-state index contributed by atoms with van der Waals surface area (Å²) < 4.78 is 9.45. The minimum atomic E-state index is -0.550.